The third-order valence-corrected chi connectivity index (χ3v) is 4.52. The molecular weight excluding hydrogens is 314 g/mol. The Labute approximate surface area is 136 Å². The van der Waals surface area contributed by atoms with Gasteiger partial charge in [-0.2, -0.15) is 0 Å². The zero-order valence-electron chi connectivity index (χ0n) is 12.5. The van der Waals surface area contributed by atoms with E-state index in [0.29, 0.717) is 12.1 Å². The second-order valence-corrected chi connectivity index (χ2v) is 6.70. The molecule has 2 aromatic carbocycles. The Morgan fingerprint density at radius 3 is 2.52 bits per heavy atom. The summed E-state index contributed by atoms with van der Waals surface area (Å²) in [5, 5.41) is 18.0. The number of nitrogens with one attached hydrogen (secondary N) is 1. The molecule has 2 aromatic rings. The molecule has 0 fully saturated rings. The Bertz CT molecular complexity index is 757. The number of sulfonamides is 1. The van der Waals surface area contributed by atoms with Crippen LogP contribution in [0.4, 0.5) is 5.69 Å². The Balaban J connectivity index is 2.11. The van der Waals surface area contributed by atoms with Gasteiger partial charge >= 0.3 is 0 Å². The van der Waals surface area contributed by atoms with Crippen molar-refractivity contribution in [1.29, 1.82) is 0 Å². The summed E-state index contributed by atoms with van der Waals surface area (Å²) in [6.45, 7) is -0.290. The van der Waals surface area contributed by atoms with E-state index in [1.165, 1.54) is 12.1 Å². The molecule has 0 amide bonds. The highest BCUT2D eigenvalue weighted by Crippen LogP contribution is 2.17. The molecule has 0 spiro atoms. The summed E-state index contributed by atoms with van der Waals surface area (Å²) in [5.41, 5.74) is 1.25. The third kappa shape index (κ3) is 5.21. The largest absolute Gasteiger partial charge is 0.394 e. The fourth-order valence-corrected chi connectivity index (χ4v) is 3.03. The molecule has 0 bridgehead atoms. The van der Waals surface area contributed by atoms with Gasteiger partial charge in [-0.3, -0.25) is 4.72 Å². The molecule has 0 saturated carbocycles. The number of hydrogen-bond donors (Lipinski definition) is 3. The Hall–Kier alpha value is -2.15. The number of anilines is 1. The maximum atomic E-state index is 12.3. The normalized spacial score (nSPS) is 13.1. The summed E-state index contributed by atoms with van der Waals surface area (Å²) in [6, 6.07) is 15.1. The molecule has 6 heteroatoms. The van der Waals surface area contributed by atoms with Crippen molar-refractivity contribution < 1.29 is 18.6 Å². The molecule has 0 aromatic heterocycles. The van der Waals surface area contributed by atoms with Crippen LogP contribution in [0.1, 0.15) is 12.0 Å². The Morgan fingerprint density at radius 1 is 1.09 bits per heavy atom. The van der Waals surface area contributed by atoms with Crippen LogP contribution >= 0.6 is 0 Å². The van der Waals surface area contributed by atoms with Gasteiger partial charge in [-0.1, -0.05) is 42.5 Å². The number of aliphatic hydroxyl groups excluding tert-OH is 2. The summed E-state index contributed by atoms with van der Waals surface area (Å²) < 4.78 is 27.1. The average molecular weight is 333 g/mol. The van der Waals surface area contributed by atoms with Gasteiger partial charge in [0.25, 0.3) is 10.0 Å². The number of hydrogen-bond acceptors (Lipinski definition) is 4. The minimum absolute atomic E-state index is 0.201. The summed E-state index contributed by atoms with van der Waals surface area (Å²) in [7, 11) is -3.62. The van der Waals surface area contributed by atoms with Gasteiger partial charge in [0.05, 0.1) is 17.6 Å². The maximum Gasteiger partial charge on any atom is 0.261 e. The third-order valence-electron chi connectivity index (χ3n) is 3.12. The predicted molar refractivity (Wildman–Crippen MR) is 90.4 cm³/mol. The fourth-order valence-electron chi connectivity index (χ4n) is 1.96. The highest BCUT2D eigenvalue weighted by atomic mass is 32.2. The highest BCUT2D eigenvalue weighted by Gasteiger charge is 2.13. The zero-order chi connectivity index (χ0) is 16.7. The molecule has 0 radical (unpaired) electrons. The lowest BCUT2D eigenvalue weighted by molar-refractivity contribution is 0.0977. The lowest BCUT2D eigenvalue weighted by Gasteiger charge is -2.08. The minimum atomic E-state index is -3.62. The van der Waals surface area contributed by atoms with E-state index in [1.54, 1.807) is 48.6 Å². The van der Waals surface area contributed by atoms with Crippen LogP contribution in [0.15, 0.2) is 65.6 Å². The molecule has 0 aliphatic rings. The van der Waals surface area contributed by atoms with Crippen molar-refractivity contribution in [2.24, 2.45) is 0 Å². The van der Waals surface area contributed by atoms with Crippen molar-refractivity contribution in [3.63, 3.8) is 0 Å². The first-order valence-corrected chi connectivity index (χ1v) is 8.63. The van der Waals surface area contributed by atoms with Gasteiger partial charge in [0.1, 0.15) is 0 Å². The van der Waals surface area contributed by atoms with Gasteiger partial charge in [-0.15, -0.1) is 0 Å². The lowest BCUT2D eigenvalue weighted by Crippen LogP contribution is -2.12. The zero-order valence-corrected chi connectivity index (χ0v) is 13.3. The summed E-state index contributed by atoms with van der Waals surface area (Å²) in [4.78, 5) is 0.201. The number of rotatable bonds is 7. The van der Waals surface area contributed by atoms with E-state index in [9.17, 15) is 13.5 Å². The molecule has 0 aliphatic carbocycles. The van der Waals surface area contributed by atoms with Crippen molar-refractivity contribution in [1.82, 2.24) is 0 Å². The number of benzene rings is 2. The first kappa shape index (κ1) is 17.2. The van der Waals surface area contributed by atoms with Crippen molar-refractivity contribution in [2.45, 2.75) is 17.4 Å². The van der Waals surface area contributed by atoms with Crippen molar-refractivity contribution >= 4 is 21.8 Å². The van der Waals surface area contributed by atoms with Crippen LogP contribution in [-0.2, 0) is 10.0 Å². The summed E-state index contributed by atoms with van der Waals surface area (Å²) >= 11 is 0. The van der Waals surface area contributed by atoms with Crippen LogP contribution in [0.2, 0.25) is 0 Å². The molecule has 1 atom stereocenters. The van der Waals surface area contributed by atoms with Crippen LogP contribution in [0.25, 0.3) is 6.08 Å². The van der Waals surface area contributed by atoms with Crippen molar-refractivity contribution in [2.75, 3.05) is 11.3 Å². The summed E-state index contributed by atoms with van der Waals surface area (Å²) in [5.74, 6) is 0. The second kappa shape index (κ2) is 7.92. The molecule has 2 rings (SSSR count). The molecule has 5 nitrogen and oxygen atoms in total. The first-order valence-electron chi connectivity index (χ1n) is 7.14. The van der Waals surface area contributed by atoms with E-state index in [4.69, 9.17) is 5.11 Å². The van der Waals surface area contributed by atoms with E-state index >= 15 is 0 Å². The average Bonchev–Trinajstić information content (AvgIpc) is 2.55. The Kier molecular flexibility index (Phi) is 5.92. The monoisotopic (exact) mass is 333 g/mol. The minimum Gasteiger partial charge on any atom is -0.394 e. The summed E-state index contributed by atoms with van der Waals surface area (Å²) in [6.07, 6.45) is 3.03. The smallest absolute Gasteiger partial charge is 0.261 e. The van der Waals surface area contributed by atoms with E-state index in [2.05, 4.69) is 4.72 Å². The van der Waals surface area contributed by atoms with Crippen LogP contribution in [-0.4, -0.2) is 31.3 Å². The van der Waals surface area contributed by atoms with Crippen LogP contribution < -0.4 is 4.72 Å². The molecule has 0 saturated heterocycles. The Morgan fingerprint density at radius 2 is 1.83 bits per heavy atom. The quantitative estimate of drug-likeness (QED) is 0.725. The van der Waals surface area contributed by atoms with E-state index < -0.39 is 16.1 Å². The van der Waals surface area contributed by atoms with Gasteiger partial charge in [-0.25, -0.2) is 8.42 Å². The molecule has 0 aliphatic heterocycles. The van der Waals surface area contributed by atoms with Gasteiger partial charge in [0.15, 0.2) is 0 Å². The number of aliphatic hydroxyl groups is 2. The standard InChI is InChI=1S/C17H19NO4S/c19-13-16(20)9-5-7-14-6-4-8-15(12-14)18-23(21,22)17-10-2-1-3-11-17/h1-8,10-12,16,18-20H,9,13H2/b7-5+/t16-/m0/s1. The van der Waals surface area contributed by atoms with Crippen molar-refractivity contribution in [3.8, 4) is 0 Å². The van der Waals surface area contributed by atoms with Gasteiger partial charge < -0.3 is 10.2 Å². The molecule has 0 heterocycles. The maximum absolute atomic E-state index is 12.3. The van der Waals surface area contributed by atoms with Gasteiger partial charge in [0.2, 0.25) is 0 Å². The van der Waals surface area contributed by atoms with Crippen LogP contribution in [0, 0.1) is 0 Å². The van der Waals surface area contributed by atoms with Crippen LogP contribution in [0.5, 0.6) is 0 Å². The van der Waals surface area contributed by atoms with E-state index in [0.717, 1.165) is 5.56 Å². The van der Waals surface area contributed by atoms with Crippen LogP contribution in [0.3, 0.4) is 0 Å². The SMILES string of the molecule is O=S(=O)(Nc1cccc(/C=C/C[C@H](O)CO)c1)c1ccccc1. The highest BCUT2D eigenvalue weighted by molar-refractivity contribution is 7.92. The molecule has 3 N–H and O–H groups in total. The topological polar surface area (TPSA) is 86.6 Å². The fraction of sp³-hybridized carbons (Fsp3) is 0.176. The first-order chi connectivity index (χ1) is 11.0. The van der Waals surface area contributed by atoms with Crippen molar-refractivity contribution in [3.05, 3.63) is 66.2 Å². The molecule has 0 unspecified atom stereocenters. The molecule has 122 valence electrons. The molecule has 23 heavy (non-hydrogen) atoms. The predicted octanol–water partition coefficient (Wildman–Crippen LogP) is 2.24. The molecular formula is C17H19NO4S. The lowest BCUT2D eigenvalue weighted by atomic mass is 10.1. The second-order valence-electron chi connectivity index (χ2n) is 5.02. The van der Waals surface area contributed by atoms with E-state index in [-0.39, 0.29) is 11.5 Å². The van der Waals surface area contributed by atoms with Gasteiger partial charge in [0, 0.05) is 5.69 Å². The van der Waals surface area contributed by atoms with E-state index in [1.807, 2.05) is 6.07 Å². The van der Waals surface area contributed by atoms with Gasteiger partial charge in [-0.05, 0) is 36.2 Å².